The molecule has 2 unspecified atom stereocenters. The molecule has 1 aliphatic rings. The number of hydrogen-bond acceptors (Lipinski definition) is 8. The molecule has 2 heterocycles. The van der Waals surface area contributed by atoms with E-state index in [1.807, 2.05) is 42.5 Å². The number of fused-ring (bicyclic) bond motifs is 1. The highest BCUT2D eigenvalue weighted by molar-refractivity contribution is 7.89. The lowest BCUT2D eigenvalue weighted by Gasteiger charge is -2.34. The van der Waals surface area contributed by atoms with Gasteiger partial charge in [0.15, 0.2) is 0 Å². The summed E-state index contributed by atoms with van der Waals surface area (Å²) in [6, 6.07) is 15.0. The molecule has 2 N–H and O–H groups in total. The molecular weight excluding hydrogens is 480 g/mol. The number of hydrogen-bond donors (Lipinski definition) is 2. The van der Waals surface area contributed by atoms with Crippen molar-refractivity contribution >= 4 is 20.8 Å². The predicted octanol–water partition coefficient (Wildman–Crippen LogP) is 3.22. The van der Waals surface area contributed by atoms with Crippen molar-refractivity contribution in [3.05, 3.63) is 66.7 Å². The summed E-state index contributed by atoms with van der Waals surface area (Å²) in [4.78, 5) is 8.36. The van der Waals surface area contributed by atoms with Crippen LogP contribution in [0.4, 0.5) is 0 Å². The summed E-state index contributed by atoms with van der Waals surface area (Å²) in [5.74, 6) is 1.19. The molecule has 194 valence electrons. The number of sulfonamides is 1. The number of benzene rings is 2. The molecule has 0 aliphatic carbocycles. The minimum atomic E-state index is -3.65. The van der Waals surface area contributed by atoms with E-state index in [-0.39, 0.29) is 11.9 Å². The van der Waals surface area contributed by atoms with Crippen molar-refractivity contribution in [2.24, 2.45) is 0 Å². The van der Waals surface area contributed by atoms with Crippen LogP contribution in [0.5, 0.6) is 5.75 Å². The van der Waals surface area contributed by atoms with Gasteiger partial charge < -0.3 is 15.1 Å². The van der Waals surface area contributed by atoms with Crippen LogP contribution >= 0.6 is 0 Å². The maximum absolute atomic E-state index is 13.2. The molecule has 1 aromatic heterocycles. The number of nitrogens with zero attached hydrogens (tertiary/aromatic N) is 4. The summed E-state index contributed by atoms with van der Waals surface area (Å²) >= 11 is 0. The first-order valence-electron chi connectivity index (χ1n) is 12.4. The quantitative estimate of drug-likeness (QED) is 0.296. The number of rotatable bonds is 11. The Bertz CT molecular complexity index is 1210. The highest BCUT2D eigenvalue weighted by Gasteiger charge is 2.33. The molecule has 4 rings (SSSR count). The monoisotopic (exact) mass is 514 g/mol. The zero-order valence-corrected chi connectivity index (χ0v) is 21.3. The van der Waals surface area contributed by atoms with Gasteiger partial charge in [-0.3, -0.25) is 0 Å². The normalized spacial score (nSPS) is 17.3. The van der Waals surface area contributed by atoms with Crippen molar-refractivity contribution in [1.29, 1.82) is 0 Å². The zero-order chi connectivity index (χ0) is 25.5. The van der Waals surface area contributed by atoms with Gasteiger partial charge >= 0.3 is 0 Å². The molecule has 2 aromatic carbocycles. The Morgan fingerprint density at radius 1 is 1.08 bits per heavy atom. The van der Waals surface area contributed by atoms with Gasteiger partial charge in [0.25, 0.3) is 0 Å². The lowest BCUT2D eigenvalue weighted by atomic mass is 10.1. The first-order chi connectivity index (χ1) is 17.3. The molecule has 0 spiro atoms. The fourth-order valence-corrected chi connectivity index (χ4v) is 6.39. The van der Waals surface area contributed by atoms with Crippen LogP contribution in [0.15, 0.2) is 60.9 Å². The maximum atomic E-state index is 13.2. The Morgan fingerprint density at radius 3 is 2.50 bits per heavy atom. The fourth-order valence-electron chi connectivity index (χ4n) is 4.61. The number of ether oxygens (including phenoxy) is 1. The van der Waals surface area contributed by atoms with E-state index in [0.717, 1.165) is 21.6 Å². The summed E-state index contributed by atoms with van der Waals surface area (Å²) in [7, 11) is -3.65. The summed E-state index contributed by atoms with van der Waals surface area (Å²) in [5.41, 5.74) is 0. The number of aliphatic hydroxyl groups is 1. The number of aryl methyl sites for hydroxylation is 1. The smallest absolute Gasteiger partial charge is 0.215 e. The summed E-state index contributed by atoms with van der Waals surface area (Å²) in [6.07, 6.45) is 4.73. The molecule has 0 amide bonds. The fraction of sp³-hybridized carbons (Fsp3) is 0.462. The van der Waals surface area contributed by atoms with Crippen molar-refractivity contribution in [3.8, 4) is 5.75 Å². The molecule has 0 bridgehead atoms. The number of hydroxylamine groups is 2. The van der Waals surface area contributed by atoms with Gasteiger partial charge in [-0.1, -0.05) is 36.4 Å². The minimum absolute atomic E-state index is 0.0734. The Morgan fingerprint density at radius 2 is 1.78 bits per heavy atom. The van der Waals surface area contributed by atoms with Crippen LogP contribution in [0.25, 0.3) is 10.8 Å². The average Bonchev–Trinajstić information content (AvgIpc) is 2.89. The second-order valence-electron chi connectivity index (χ2n) is 9.20. The van der Waals surface area contributed by atoms with E-state index in [2.05, 4.69) is 9.97 Å². The molecule has 10 heteroatoms. The first kappa shape index (κ1) is 26.4. The summed E-state index contributed by atoms with van der Waals surface area (Å²) in [5, 5.41) is 23.2. The second kappa shape index (κ2) is 12.1. The minimum Gasteiger partial charge on any atom is -0.490 e. The van der Waals surface area contributed by atoms with E-state index in [1.165, 1.54) is 11.2 Å². The van der Waals surface area contributed by atoms with Gasteiger partial charge in [-0.05, 0) is 50.1 Å². The standard InChI is InChI=1S/C26H34N4O5S/c1-20(31)30(32)22(9-5-12-26-27-15-6-16-28-26)19-36(33,34)29-17-13-23(14-18-29)35-25-11-4-8-21-7-2-3-10-24(21)25/h2-4,6-8,10-11,15-16,20,22-23,31-32H,5,9,12-14,17-19H2,1H3. The molecular formula is C26H34N4O5S. The third-order valence-electron chi connectivity index (χ3n) is 6.55. The van der Waals surface area contributed by atoms with Crippen LogP contribution in [-0.4, -0.2) is 75.3 Å². The lowest BCUT2D eigenvalue weighted by Crippen LogP contribution is -2.48. The molecule has 0 saturated carbocycles. The number of piperidine rings is 1. The molecule has 9 nitrogen and oxygen atoms in total. The molecule has 2 atom stereocenters. The van der Waals surface area contributed by atoms with E-state index in [9.17, 15) is 18.7 Å². The number of aliphatic hydroxyl groups excluding tert-OH is 1. The highest BCUT2D eigenvalue weighted by atomic mass is 32.2. The van der Waals surface area contributed by atoms with Gasteiger partial charge in [-0.15, -0.1) is 0 Å². The Hall–Kier alpha value is -2.63. The Balaban J connectivity index is 1.34. The predicted molar refractivity (Wildman–Crippen MR) is 137 cm³/mol. The van der Waals surface area contributed by atoms with Crippen molar-refractivity contribution < 1.29 is 23.5 Å². The Labute approximate surface area is 212 Å². The third-order valence-corrected chi connectivity index (χ3v) is 8.51. The molecule has 3 aromatic rings. The Kier molecular flexibility index (Phi) is 8.86. The highest BCUT2D eigenvalue weighted by Crippen LogP contribution is 2.28. The van der Waals surface area contributed by atoms with Crippen LogP contribution in [-0.2, 0) is 16.4 Å². The van der Waals surface area contributed by atoms with Crippen LogP contribution in [0, 0.1) is 0 Å². The number of aromatic nitrogens is 2. The summed E-state index contributed by atoms with van der Waals surface area (Å²) in [6.45, 7) is 2.11. The lowest BCUT2D eigenvalue weighted by molar-refractivity contribution is -0.212. The molecule has 1 saturated heterocycles. The third kappa shape index (κ3) is 6.77. The SMILES string of the molecule is CC(O)N(O)C(CCCc1ncccn1)CS(=O)(=O)N1CCC(Oc2cccc3ccccc23)CC1. The van der Waals surface area contributed by atoms with Crippen LogP contribution in [0.3, 0.4) is 0 Å². The van der Waals surface area contributed by atoms with Crippen LogP contribution in [0.2, 0.25) is 0 Å². The van der Waals surface area contributed by atoms with Gasteiger partial charge in [-0.25, -0.2) is 22.7 Å². The van der Waals surface area contributed by atoms with E-state index < -0.39 is 22.3 Å². The van der Waals surface area contributed by atoms with Crippen LogP contribution in [0.1, 0.15) is 38.4 Å². The van der Waals surface area contributed by atoms with Crippen molar-refractivity contribution in [3.63, 3.8) is 0 Å². The van der Waals surface area contributed by atoms with E-state index in [4.69, 9.17) is 4.74 Å². The van der Waals surface area contributed by atoms with Gasteiger partial charge in [0.2, 0.25) is 10.0 Å². The second-order valence-corrected chi connectivity index (χ2v) is 11.2. The van der Waals surface area contributed by atoms with Gasteiger partial charge in [-0.2, -0.15) is 5.06 Å². The topological polar surface area (TPSA) is 116 Å². The molecule has 0 radical (unpaired) electrons. The van der Waals surface area contributed by atoms with Crippen molar-refractivity contribution in [2.75, 3.05) is 18.8 Å². The van der Waals surface area contributed by atoms with Gasteiger partial charge in [0.1, 0.15) is 23.9 Å². The van der Waals surface area contributed by atoms with E-state index in [0.29, 0.717) is 51.0 Å². The largest absolute Gasteiger partial charge is 0.490 e. The van der Waals surface area contributed by atoms with Crippen molar-refractivity contribution in [1.82, 2.24) is 19.3 Å². The first-order valence-corrected chi connectivity index (χ1v) is 14.0. The molecule has 1 aliphatic heterocycles. The summed E-state index contributed by atoms with van der Waals surface area (Å²) < 4.78 is 34.2. The molecule has 1 fully saturated rings. The van der Waals surface area contributed by atoms with E-state index in [1.54, 1.807) is 18.5 Å². The van der Waals surface area contributed by atoms with Crippen molar-refractivity contribution in [2.45, 2.75) is 57.4 Å². The van der Waals surface area contributed by atoms with Gasteiger partial charge in [0.05, 0.1) is 11.8 Å². The van der Waals surface area contributed by atoms with E-state index >= 15 is 0 Å². The van der Waals surface area contributed by atoms with Gasteiger partial charge in [0, 0.05) is 37.3 Å². The maximum Gasteiger partial charge on any atom is 0.215 e. The average molecular weight is 515 g/mol. The van der Waals surface area contributed by atoms with Crippen LogP contribution < -0.4 is 4.74 Å². The molecule has 36 heavy (non-hydrogen) atoms. The zero-order valence-electron chi connectivity index (χ0n) is 20.5.